The highest BCUT2D eigenvalue weighted by Gasteiger charge is 2.18. The van der Waals surface area contributed by atoms with E-state index in [0.717, 1.165) is 94.0 Å². The minimum atomic E-state index is 0.416. The minimum Gasteiger partial charge on any atom is -0.468 e. The molecule has 536 valence electrons. The zero-order chi connectivity index (χ0) is 69.5. The molecule has 4 N–H and O–H groups in total. The van der Waals surface area contributed by atoms with Gasteiger partial charge in [0.2, 0.25) is 0 Å². The predicted octanol–water partition coefficient (Wildman–Crippen LogP) is 16.2. The number of aromatic nitrogens is 2. The number of nitrogens with one attached hydrogen (secondary N) is 4. The number of ether oxygens (including phenoxy) is 4. The number of furan rings is 1. The van der Waals surface area contributed by atoms with Gasteiger partial charge in [-0.2, -0.15) is 5.26 Å². The van der Waals surface area contributed by atoms with Crippen molar-refractivity contribution in [2.24, 2.45) is 0 Å². The molecule has 0 aliphatic carbocycles. The first kappa shape index (κ1) is 95.3. The molecule has 0 saturated carbocycles. The molecule has 4 aromatic heterocycles. The Hall–Kier alpha value is -3.13. The maximum atomic E-state index is 7.82. The molecule has 3 unspecified atom stereocenters. The number of morpholine rings is 1. The molecule has 4 fully saturated rings. The summed E-state index contributed by atoms with van der Waals surface area (Å²) in [5.41, 5.74) is 2.24. The van der Waals surface area contributed by atoms with Crippen LogP contribution in [-0.2, 0) is 45.1 Å². The van der Waals surface area contributed by atoms with E-state index in [-0.39, 0.29) is 0 Å². The Morgan fingerprint density at radius 2 is 1.26 bits per heavy atom. The highest BCUT2D eigenvalue weighted by atomic mass is 35.5. The number of likely N-dealkylation sites (N-methyl/N-ethyl adjacent to an activating group) is 2. The molecular formula is C73H139Cl2N11O5S. The number of unbranched alkanes of at least 4 members (excludes halogenated alkanes) is 5. The van der Waals surface area contributed by atoms with Crippen LogP contribution in [0.1, 0.15) is 192 Å². The SMILES string of the molecule is CC1CN(C)CC(C)O1.CCCC#N.CCCC1CCCO1.CCCCC.CCCCCOC.CN1CCCCC1.CN1CCCCCC1.CNCc1ccco1.CNCc1cccs1.CNCc1ccnc(Cl)c1.CNCc1ccncc1Cl.COCCN(C)C. The first-order valence-electron chi connectivity index (χ1n) is 34.6. The number of halogens is 2. The number of nitrogens with zero attached hydrogens (tertiary/aromatic N) is 7. The fraction of sp³-hybridized carbons (Fsp3) is 0.740. The van der Waals surface area contributed by atoms with E-state index >= 15 is 0 Å². The maximum Gasteiger partial charge on any atom is 0.129 e. The number of likely N-dealkylation sites (tertiary alicyclic amines) is 2. The summed E-state index contributed by atoms with van der Waals surface area (Å²) in [7, 11) is 21.7. The Kier molecular flexibility index (Phi) is 77.9. The summed E-state index contributed by atoms with van der Waals surface area (Å²) in [4.78, 5) is 18.3. The summed E-state index contributed by atoms with van der Waals surface area (Å²) < 4.78 is 25.6. The third-order valence-corrected chi connectivity index (χ3v) is 15.1. The quantitative estimate of drug-likeness (QED) is 0.0488. The van der Waals surface area contributed by atoms with Gasteiger partial charge in [-0.05, 0) is 214 Å². The van der Waals surface area contributed by atoms with Gasteiger partial charge in [0, 0.05) is 96.6 Å². The number of hydrogen-bond donors (Lipinski definition) is 4. The summed E-state index contributed by atoms with van der Waals surface area (Å²) >= 11 is 13.2. The third-order valence-electron chi connectivity index (χ3n) is 13.7. The molecule has 8 heterocycles. The van der Waals surface area contributed by atoms with Gasteiger partial charge in [-0.25, -0.2) is 4.98 Å². The first-order chi connectivity index (χ1) is 44.4. The average molecular weight is 1350 g/mol. The Balaban J connectivity index is -0.000000461. The zero-order valence-corrected chi connectivity index (χ0v) is 64.2. The Labute approximate surface area is 579 Å². The van der Waals surface area contributed by atoms with Crippen molar-refractivity contribution in [1.29, 1.82) is 5.26 Å². The number of rotatable bonds is 20. The van der Waals surface area contributed by atoms with E-state index in [1.165, 1.54) is 140 Å². The maximum absolute atomic E-state index is 7.82. The molecule has 0 spiro atoms. The van der Waals surface area contributed by atoms with Crippen molar-refractivity contribution < 1.29 is 23.4 Å². The van der Waals surface area contributed by atoms with Gasteiger partial charge in [0.25, 0.3) is 0 Å². The van der Waals surface area contributed by atoms with Crippen LogP contribution in [0.25, 0.3) is 0 Å². The highest BCUT2D eigenvalue weighted by molar-refractivity contribution is 7.09. The number of pyridine rings is 2. The molecule has 19 heteroatoms. The summed E-state index contributed by atoms with van der Waals surface area (Å²) in [5, 5.41) is 23.3. The molecule has 4 saturated heterocycles. The van der Waals surface area contributed by atoms with Crippen molar-refractivity contribution in [3.8, 4) is 6.07 Å². The molecule has 0 radical (unpaired) electrons. The monoisotopic (exact) mass is 1350 g/mol. The molecule has 4 aliphatic heterocycles. The number of thiophene rings is 1. The van der Waals surface area contributed by atoms with Crippen LogP contribution in [-0.4, -0.2) is 191 Å². The van der Waals surface area contributed by atoms with Gasteiger partial charge in [0.15, 0.2) is 0 Å². The molecule has 4 aliphatic rings. The molecule has 92 heavy (non-hydrogen) atoms. The van der Waals surface area contributed by atoms with E-state index in [1.54, 1.807) is 50.4 Å². The van der Waals surface area contributed by atoms with Gasteiger partial charge in [0.1, 0.15) is 10.9 Å². The third kappa shape index (κ3) is 71.2. The second-order valence-corrected chi connectivity index (χ2v) is 25.3. The van der Waals surface area contributed by atoms with Crippen molar-refractivity contribution in [3.63, 3.8) is 0 Å². The predicted molar refractivity (Wildman–Crippen MR) is 399 cm³/mol. The van der Waals surface area contributed by atoms with Crippen LogP contribution >= 0.6 is 34.5 Å². The fourth-order valence-corrected chi connectivity index (χ4v) is 9.91. The summed E-state index contributed by atoms with van der Waals surface area (Å²) in [6.07, 6.45) is 32.9. The van der Waals surface area contributed by atoms with Gasteiger partial charge < -0.3 is 64.2 Å². The molecule has 4 aromatic rings. The smallest absolute Gasteiger partial charge is 0.129 e. The van der Waals surface area contributed by atoms with Crippen molar-refractivity contribution in [2.75, 3.05) is 143 Å². The lowest BCUT2D eigenvalue weighted by molar-refractivity contribution is -0.0602. The Morgan fingerprint density at radius 1 is 0.674 bits per heavy atom. The van der Waals surface area contributed by atoms with Crippen LogP contribution in [0, 0.1) is 11.3 Å². The first-order valence-corrected chi connectivity index (χ1v) is 36.2. The van der Waals surface area contributed by atoms with Crippen molar-refractivity contribution in [1.82, 2.24) is 50.8 Å². The second-order valence-electron chi connectivity index (χ2n) is 23.5. The molecular weight excluding hydrogens is 1210 g/mol. The van der Waals surface area contributed by atoms with Crippen molar-refractivity contribution in [2.45, 2.75) is 215 Å². The Morgan fingerprint density at radius 3 is 1.65 bits per heavy atom. The van der Waals surface area contributed by atoms with Gasteiger partial charge in [0.05, 0.1) is 48.8 Å². The number of hydrogen-bond acceptors (Lipinski definition) is 17. The normalized spacial score (nSPS) is 16.5. The molecule has 0 amide bonds. The second kappa shape index (κ2) is 75.3. The van der Waals surface area contributed by atoms with Gasteiger partial charge >= 0.3 is 0 Å². The van der Waals surface area contributed by atoms with E-state index in [1.807, 2.05) is 85.6 Å². The van der Waals surface area contributed by atoms with E-state index in [4.69, 9.17) is 51.8 Å². The summed E-state index contributed by atoms with van der Waals surface area (Å²) in [6.45, 7) is 29.7. The highest BCUT2D eigenvalue weighted by Crippen LogP contribution is 2.16. The number of methoxy groups -OCH3 is 2. The molecule has 0 bridgehead atoms. The van der Waals surface area contributed by atoms with Crippen LogP contribution in [0.5, 0.6) is 0 Å². The van der Waals surface area contributed by atoms with E-state index in [9.17, 15) is 0 Å². The van der Waals surface area contributed by atoms with E-state index in [0.29, 0.717) is 29.9 Å². The van der Waals surface area contributed by atoms with Crippen LogP contribution in [0.15, 0.2) is 77.1 Å². The van der Waals surface area contributed by atoms with E-state index < -0.39 is 0 Å². The van der Waals surface area contributed by atoms with Crippen LogP contribution in [0.3, 0.4) is 0 Å². The van der Waals surface area contributed by atoms with Crippen molar-refractivity contribution in [3.05, 3.63) is 105 Å². The standard InChI is InChI=1S/2C7H9ClN2.C7H15NO.C7H15N.C7H14O.C6H9NO.C6H9NS.C6H13N.C6H14O.C5H13NO.C5H12.C4H7N/c1-9-4-6-2-3-10-5-7(6)8;1-9-5-6-2-3-10-7(8)4-6;1-6-4-8(3)5-7(2)9-6;1-8-6-4-2-3-5-7-8;1-2-4-7-5-3-6-8-7;2*1-7-5-6-3-2-4-8-6;1-7-5-3-2-4-6-7;1-3-4-5-6-7-2;1-6(2)4-5-7-3;1-3-5-4-2;1-2-3-4-5/h2-3,5,9H,4H2,1H3;2-4,9H,5H2,1H3;6-7H,4-5H2,1-3H3;2-7H2,1H3;7H,2-6H2,1H3;2*2-4,7H,5H2,1H3;2-6H2,1H3;3-6H2,1-2H3;4-5H2,1-3H3;3-5H2,1-2H3;2-3H2,1H3. The molecule has 8 rings (SSSR count). The lowest BCUT2D eigenvalue weighted by atomic mass is 10.1. The fourth-order valence-electron chi connectivity index (χ4n) is 8.81. The zero-order valence-electron chi connectivity index (χ0n) is 61.8. The number of piperidine rings is 1. The average Bonchev–Trinajstić information content (AvgIpc) is 3.67. The summed E-state index contributed by atoms with van der Waals surface area (Å²) in [6, 6.07) is 15.7. The van der Waals surface area contributed by atoms with Gasteiger partial charge in [-0.1, -0.05) is 122 Å². The van der Waals surface area contributed by atoms with Gasteiger partial charge in [-0.15, -0.1) is 11.3 Å². The summed E-state index contributed by atoms with van der Waals surface area (Å²) in [5.74, 6) is 0.979. The Bertz CT molecular complexity index is 1970. The van der Waals surface area contributed by atoms with Crippen molar-refractivity contribution >= 4 is 34.5 Å². The van der Waals surface area contributed by atoms with Crippen LogP contribution < -0.4 is 21.3 Å². The number of nitriles is 1. The lowest BCUT2D eigenvalue weighted by Crippen LogP contribution is -2.42. The minimum absolute atomic E-state index is 0.416. The molecule has 3 atom stereocenters. The van der Waals surface area contributed by atoms with Crippen LogP contribution in [0.4, 0.5) is 0 Å². The lowest BCUT2D eigenvalue weighted by Gasteiger charge is -2.32. The largest absolute Gasteiger partial charge is 0.468 e. The molecule has 16 nitrogen and oxygen atoms in total. The van der Waals surface area contributed by atoms with Gasteiger partial charge in [-0.3, -0.25) is 4.98 Å². The molecule has 0 aromatic carbocycles. The van der Waals surface area contributed by atoms with Crippen LogP contribution in [0.2, 0.25) is 10.2 Å². The topological polar surface area (TPSA) is 161 Å². The van der Waals surface area contributed by atoms with E-state index in [2.05, 4.69) is 131 Å².